The molecule has 0 saturated carbocycles. The van der Waals surface area contributed by atoms with Crippen LogP contribution in [-0.2, 0) is 6.18 Å². The third-order valence-electron chi connectivity index (χ3n) is 5.03. The van der Waals surface area contributed by atoms with E-state index in [2.05, 4.69) is 52.6 Å². The molecule has 2 amide bonds. The number of fused-ring (bicyclic) bond motifs is 1. The third-order valence-corrected chi connectivity index (χ3v) is 6.64. The van der Waals surface area contributed by atoms with Gasteiger partial charge in [0.15, 0.2) is 11.5 Å². The van der Waals surface area contributed by atoms with Crippen molar-refractivity contribution in [2.75, 3.05) is 11.9 Å². The molecule has 4 rings (SSSR count). The number of rotatable bonds is 5. The summed E-state index contributed by atoms with van der Waals surface area (Å²) in [5.74, 6) is -1.60. The molecule has 0 aliphatic rings. The molecule has 0 fully saturated rings. The van der Waals surface area contributed by atoms with Crippen LogP contribution < -0.4 is 10.6 Å². The van der Waals surface area contributed by atoms with E-state index in [1.807, 2.05) is 0 Å². The van der Waals surface area contributed by atoms with E-state index in [-0.39, 0.29) is 22.1 Å². The molecule has 0 radical (unpaired) electrons. The summed E-state index contributed by atoms with van der Waals surface area (Å²) < 4.78 is 42.3. The largest absolute Gasteiger partial charge is 0.435 e. The number of alkyl halides is 3. The van der Waals surface area contributed by atoms with Crippen LogP contribution in [-0.4, -0.2) is 33.1 Å². The summed E-state index contributed by atoms with van der Waals surface area (Å²) in [4.78, 5) is 30.2. The van der Waals surface area contributed by atoms with Crippen molar-refractivity contribution in [2.45, 2.75) is 13.1 Å². The lowest BCUT2D eigenvalue weighted by Crippen LogP contribution is -2.26. The van der Waals surface area contributed by atoms with Crippen molar-refractivity contribution in [3.8, 4) is 5.82 Å². The zero-order valence-electron chi connectivity index (χ0n) is 18.3. The SMILES string of the molecule is CCNC(=O)c1cc2cc(Br)ccc2c(Br)c1NC(=O)c1cc(C(F)(F)F)nn1-c1ncccc1Cl. The molecule has 186 valence electrons. The molecular formula is C23H15Br2ClF3N5O2. The molecule has 0 bridgehead atoms. The minimum Gasteiger partial charge on any atom is -0.352 e. The number of benzene rings is 2. The number of carbonyl (C=O) groups excluding carboxylic acids is 2. The van der Waals surface area contributed by atoms with Crippen molar-refractivity contribution in [3.05, 3.63) is 79.6 Å². The van der Waals surface area contributed by atoms with Gasteiger partial charge in [0, 0.05) is 27.8 Å². The molecule has 2 aromatic carbocycles. The Bertz CT molecular complexity index is 1510. The molecule has 13 heteroatoms. The lowest BCUT2D eigenvalue weighted by atomic mass is 10.0. The first-order chi connectivity index (χ1) is 17.0. The van der Waals surface area contributed by atoms with Gasteiger partial charge in [-0.3, -0.25) is 9.59 Å². The fourth-order valence-electron chi connectivity index (χ4n) is 3.44. The van der Waals surface area contributed by atoms with Gasteiger partial charge in [0.2, 0.25) is 0 Å². The van der Waals surface area contributed by atoms with Crippen molar-refractivity contribution in [1.29, 1.82) is 0 Å². The van der Waals surface area contributed by atoms with Crippen molar-refractivity contribution in [3.63, 3.8) is 0 Å². The molecule has 7 nitrogen and oxygen atoms in total. The first kappa shape index (κ1) is 26.1. The number of halogens is 6. The zero-order valence-corrected chi connectivity index (χ0v) is 22.2. The summed E-state index contributed by atoms with van der Waals surface area (Å²) in [6, 6.07) is 10.4. The smallest absolute Gasteiger partial charge is 0.352 e. The molecule has 2 aromatic heterocycles. The Balaban J connectivity index is 1.87. The van der Waals surface area contributed by atoms with Crippen LogP contribution in [0.3, 0.4) is 0 Å². The van der Waals surface area contributed by atoms with Gasteiger partial charge in [-0.2, -0.15) is 18.3 Å². The van der Waals surface area contributed by atoms with Crippen LogP contribution in [0.25, 0.3) is 16.6 Å². The standard InChI is InChI=1S/C23H15Br2ClF3N5O2/c1-2-30-21(35)14-9-11-8-12(24)5-6-13(11)18(25)19(14)32-22(36)16-10-17(23(27,28)29)33-34(16)20-15(26)4-3-7-31-20/h3-10H,2H2,1H3,(H,30,35)(H,32,36). The number of anilines is 1. The Morgan fingerprint density at radius 3 is 2.53 bits per heavy atom. The van der Waals surface area contributed by atoms with Crippen molar-refractivity contribution >= 4 is 71.7 Å². The predicted molar refractivity (Wildman–Crippen MR) is 137 cm³/mol. The highest BCUT2D eigenvalue weighted by Gasteiger charge is 2.37. The van der Waals surface area contributed by atoms with Crippen LogP contribution in [0.5, 0.6) is 0 Å². The minimum atomic E-state index is -4.83. The number of amides is 2. The molecule has 0 atom stereocenters. The second kappa shape index (κ2) is 10.2. The van der Waals surface area contributed by atoms with Crippen LogP contribution in [0.2, 0.25) is 5.02 Å². The second-order valence-corrected chi connectivity index (χ2v) is 9.54. The fourth-order valence-corrected chi connectivity index (χ4v) is 4.70. The maximum absolute atomic E-state index is 13.5. The molecule has 0 aliphatic carbocycles. The van der Waals surface area contributed by atoms with Crippen molar-refractivity contribution in [1.82, 2.24) is 20.1 Å². The van der Waals surface area contributed by atoms with Gasteiger partial charge >= 0.3 is 6.18 Å². The average Bonchev–Trinajstić information content (AvgIpc) is 3.27. The van der Waals surface area contributed by atoms with Gasteiger partial charge in [-0.1, -0.05) is 33.6 Å². The predicted octanol–water partition coefficient (Wildman–Crippen LogP) is 6.62. The Labute approximate surface area is 224 Å². The van der Waals surface area contributed by atoms with E-state index in [1.165, 1.54) is 18.3 Å². The van der Waals surface area contributed by atoms with Gasteiger partial charge in [0.25, 0.3) is 11.8 Å². The van der Waals surface area contributed by atoms with Crippen LogP contribution in [0.15, 0.2) is 57.6 Å². The molecule has 36 heavy (non-hydrogen) atoms. The van der Waals surface area contributed by atoms with E-state index in [0.717, 1.165) is 9.15 Å². The van der Waals surface area contributed by atoms with Gasteiger partial charge in [-0.15, -0.1) is 0 Å². The number of aromatic nitrogens is 3. The summed E-state index contributed by atoms with van der Waals surface area (Å²) in [5, 5.41) is 10.1. The molecule has 2 N–H and O–H groups in total. The Morgan fingerprint density at radius 2 is 1.86 bits per heavy atom. The molecular weight excluding hydrogens is 631 g/mol. The van der Waals surface area contributed by atoms with Gasteiger partial charge in [-0.25, -0.2) is 9.67 Å². The molecule has 0 unspecified atom stereocenters. The Kier molecular flexibility index (Phi) is 7.39. The first-order valence-corrected chi connectivity index (χ1v) is 12.3. The normalized spacial score (nSPS) is 11.5. The number of hydrogen-bond acceptors (Lipinski definition) is 4. The molecule has 2 heterocycles. The summed E-state index contributed by atoms with van der Waals surface area (Å²) in [7, 11) is 0. The number of carbonyl (C=O) groups is 2. The van der Waals surface area contributed by atoms with Crippen molar-refractivity contribution < 1.29 is 22.8 Å². The Morgan fingerprint density at radius 1 is 1.11 bits per heavy atom. The lowest BCUT2D eigenvalue weighted by Gasteiger charge is -2.16. The van der Waals surface area contributed by atoms with E-state index >= 15 is 0 Å². The molecule has 0 spiro atoms. The molecule has 0 saturated heterocycles. The van der Waals surface area contributed by atoms with E-state index < -0.39 is 29.4 Å². The van der Waals surface area contributed by atoms with Gasteiger partial charge < -0.3 is 10.6 Å². The lowest BCUT2D eigenvalue weighted by molar-refractivity contribution is -0.141. The van der Waals surface area contributed by atoms with Crippen LogP contribution in [0.1, 0.15) is 33.5 Å². The van der Waals surface area contributed by atoms with Gasteiger partial charge in [0.1, 0.15) is 5.69 Å². The van der Waals surface area contributed by atoms with Crippen molar-refractivity contribution in [2.24, 2.45) is 0 Å². The summed E-state index contributed by atoms with van der Waals surface area (Å²) in [6.07, 6.45) is -3.52. The highest BCUT2D eigenvalue weighted by molar-refractivity contribution is 9.11. The number of pyridine rings is 1. The molecule has 4 aromatic rings. The van der Waals surface area contributed by atoms with Crippen LogP contribution in [0.4, 0.5) is 18.9 Å². The zero-order chi connectivity index (χ0) is 26.2. The maximum Gasteiger partial charge on any atom is 0.435 e. The summed E-state index contributed by atoms with van der Waals surface area (Å²) >= 11 is 13.0. The monoisotopic (exact) mass is 643 g/mol. The van der Waals surface area contributed by atoms with Crippen LogP contribution in [0, 0.1) is 0 Å². The van der Waals surface area contributed by atoms with E-state index in [1.54, 1.807) is 31.2 Å². The number of nitrogens with one attached hydrogen (secondary N) is 2. The van der Waals surface area contributed by atoms with Gasteiger partial charge in [0.05, 0.1) is 16.3 Å². The molecule has 0 aliphatic heterocycles. The van der Waals surface area contributed by atoms with Crippen LogP contribution >= 0.6 is 43.5 Å². The van der Waals surface area contributed by atoms with Gasteiger partial charge in [-0.05, 0) is 64.0 Å². The Hall–Kier alpha value is -2.96. The van der Waals surface area contributed by atoms with E-state index in [4.69, 9.17) is 11.6 Å². The summed E-state index contributed by atoms with van der Waals surface area (Å²) in [6.45, 7) is 2.05. The number of hydrogen-bond donors (Lipinski definition) is 2. The van der Waals surface area contributed by atoms with E-state index in [0.29, 0.717) is 27.9 Å². The maximum atomic E-state index is 13.5. The van der Waals surface area contributed by atoms with E-state index in [9.17, 15) is 22.8 Å². The second-order valence-electron chi connectivity index (χ2n) is 7.43. The number of nitrogens with zero attached hydrogens (tertiary/aromatic N) is 3. The fraction of sp³-hybridized carbons (Fsp3) is 0.130. The highest BCUT2D eigenvalue weighted by atomic mass is 79.9. The minimum absolute atomic E-state index is 0.0103. The third kappa shape index (κ3) is 5.11. The topological polar surface area (TPSA) is 88.9 Å². The summed E-state index contributed by atoms with van der Waals surface area (Å²) in [5.41, 5.74) is -1.59. The average molecular weight is 646 g/mol. The quantitative estimate of drug-likeness (QED) is 0.256. The highest BCUT2D eigenvalue weighted by Crippen LogP contribution is 2.37. The first-order valence-electron chi connectivity index (χ1n) is 10.3.